The average Bonchev–Trinajstić information content (AvgIpc) is 2.68. The van der Waals surface area contributed by atoms with E-state index in [1.54, 1.807) is 6.33 Å². The van der Waals surface area contributed by atoms with Gasteiger partial charge in [-0.05, 0) is 30.6 Å². The maximum Gasteiger partial charge on any atom is 0.100 e. The molecule has 2 rings (SSSR count). The number of aliphatic hydroxyl groups excluding tert-OH is 1. The molecule has 3 heteroatoms. The summed E-state index contributed by atoms with van der Waals surface area (Å²) in [6.07, 6.45) is 6.79. The Kier molecular flexibility index (Phi) is 3.33. The summed E-state index contributed by atoms with van der Waals surface area (Å²) >= 11 is 0. The Hall–Kier alpha value is -0.830. The second-order valence-corrected chi connectivity index (χ2v) is 5.44. The van der Waals surface area contributed by atoms with Crippen LogP contribution in [0.4, 0.5) is 0 Å². The largest absolute Gasteiger partial charge is 0.386 e. The second-order valence-electron chi connectivity index (χ2n) is 5.44. The lowest BCUT2D eigenvalue weighted by atomic mass is 9.73. The van der Waals surface area contributed by atoms with Crippen LogP contribution < -0.4 is 0 Å². The van der Waals surface area contributed by atoms with Crippen molar-refractivity contribution >= 4 is 0 Å². The molecular weight excluding hydrogens is 200 g/mol. The summed E-state index contributed by atoms with van der Waals surface area (Å²) in [5.41, 5.74) is 0.828. The second kappa shape index (κ2) is 4.58. The van der Waals surface area contributed by atoms with E-state index in [9.17, 15) is 5.11 Å². The standard InChI is InChI=1S/C13H22N2O/c1-9-4-5-11(6-10(9)2)13(16)12-7-15(3)8-14-12/h7-11,13,16H,4-6H2,1-3H3. The molecule has 0 aliphatic heterocycles. The molecule has 0 radical (unpaired) electrons. The summed E-state index contributed by atoms with van der Waals surface area (Å²) in [7, 11) is 1.94. The van der Waals surface area contributed by atoms with Crippen LogP contribution in [0.5, 0.6) is 0 Å². The van der Waals surface area contributed by atoms with E-state index < -0.39 is 0 Å². The van der Waals surface area contributed by atoms with Gasteiger partial charge < -0.3 is 9.67 Å². The van der Waals surface area contributed by atoms with Crippen molar-refractivity contribution in [3.8, 4) is 0 Å². The quantitative estimate of drug-likeness (QED) is 0.835. The van der Waals surface area contributed by atoms with Crippen LogP contribution in [0.2, 0.25) is 0 Å². The topological polar surface area (TPSA) is 38.0 Å². The monoisotopic (exact) mass is 222 g/mol. The number of nitrogens with zero attached hydrogens (tertiary/aromatic N) is 2. The van der Waals surface area contributed by atoms with Crippen molar-refractivity contribution < 1.29 is 5.11 Å². The van der Waals surface area contributed by atoms with Gasteiger partial charge in [0.2, 0.25) is 0 Å². The third kappa shape index (κ3) is 2.29. The lowest BCUT2D eigenvalue weighted by Gasteiger charge is -2.34. The van der Waals surface area contributed by atoms with E-state index in [2.05, 4.69) is 18.8 Å². The molecule has 4 unspecified atom stereocenters. The fraction of sp³-hybridized carbons (Fsp3) is 0.769. The van der Waals surface area contributed by atoms with Crippen LogP contribution in [0.15, 0.2) is 12.5 Å². The Morgan fingerprint density at radius 3 is 2.69 bits per heavy atom. The summed E-state index contributed by atoms with van der Waals surface area (Å²) in [4.78, 5) is 4.25. The van der Waals surface area contributed by atoms with E-state index in [0.29, 0.717) is 5.92 Å². The van der Waals surface area contributed by atoms with Gasteiger partial charge in [-0.1, -0.05) is 20.3 Å². The molecule has 16 heavy (non-hydrogen) atoms. The molecule has 0 spiro atoms. The highest BCUT2D eigenvalue weighted by molar-refractivity contribution is 5.03. The summed E-state index contributed by atoms with van der Waals surface area (Å²) in [5.74, 6) is 1.91. The fourth-order valence-corrected chi connectivity index (χ4v) is 2.70. The number of aryl methyl sites for hydroxylation is 1. The minimum atomic E-state index is -0.379. The van der Waals surface area contributed by atoms with Crippen molar-refractivity contribution in [3.63, 3.8) is 0 Å². The van der Waals surface area contributed by atoms with Gasteiger partial charge in [-0.15, -0.1) is 0 Å². The molecule has 1 fully saturated rings. The van der Waals surface area contributed by atoms with Crippen LogP contribution in [0, 0.1) is 17.8 Å². The first-order valence-electron chi connectivity index (χ1n) is 6.24. The highest BCUT2D eigenvalue weighted by atomic mass is 16.3. The van der Waals surface area contributed by atoms with E-state index in [4.69, 9.17) is 0 Å². The van der Waals surface area contributed by atoms with Crippen molar-refractivity contribution in [2.75, 3.05) is 0 Å². The summed E-state index contributed by atoms with van der Waals surface area (Å²) in [6.45, 7) is 4.61. The third-order valence-electron chi connectivity index (χ3n) is 4.11. The van der Waals surface area contributed by atoms with E-state index in [0.717, 1.165) is 30.4 Å². The first-order valence-corrected chi connectivity index (χ1v) is 6.24. The SMILES string of the molecule is CC1CCC(C(O)c2cn(C)cn2)CC1C. The molecule has 1 heterocycles. The zero-order chi connectivity index (χ0) is 11.7. The zero-order valence-corrected chi connectivity index (χ0v) is 10.4. The van der Waals surface area contributed by atoms with Crippen LogP contribution in [0.1, 0.15) is 44.9 Å². The zero-order valence-electron chi connectivity index (χ0n) is 10.4. The molecular formula is C13H22N2O. The van der Waals surface area contributed by atoms with E-state index in [-0.39, 0.29) is 6.10 Å². The Morgan fingerprint density at radius 1 is 1.38 bits per heavy atom. The molecule has 1 aliphatic carbocycles. The molecule has 0 bridgehead atoms. The predicted molar refractivity (Wildman–Crippen MR) is 63.8 cm³/mol. The highest BCUT2D eigenvalue weighted by Crippen LogP contribution is 2.39. The molecule has 0 aromatic carbocycles. The number of aromatic nitrogens is 2. The van der Waals surface area contributed by atoms with Crippen molar-refractivity contribution in [2.24, 2.45) is 24.8 Å². The average molecular weight is 222 g/mol. The highest BCUT2D eigenvalue weighted by Gasteiger charge is 2.30. The van der Waals surface area contributed by atoms with Gasteiger partial charge in [0.05, 0.1) is 12.0 Å². The molecule has 0 saturated heterocycles. The maximum atomic E-state index is 10.3. The number of aliphatic hydroxyl groups is 1. The number of rotatable bonds is 2. The van der Waals surface area contributed by atoms with Gasteiger partial charge >= 0.3 is 0 Å². The third-order valence-corrected chi connectivity index (χ3v) is 4.11. The fourth-order valence-electron chi connectivity index (χ4n) is 2.70. The van der Waals surface area contributed by atoms with Gasteiger partial charge in [0, 0.05) is 13.2 Å². The van der Waals surface area contributed by atoms with E-state index in [1.807, 2.05) is 17.8 Å². The number of hydrogen-bond acceptors (Lipinski definition) is 2. The summed E-state index contributed by atoms with van der Waals surface area (Å²) in [5, 5.41) is 10.3. The van der Waals surface area contributed by atoms with Gasteiger partial charge in [-0.3, -0.25) is 0 Å². The van der Waals surface area contributed by atoms with Gasteiger partial charge in [-0.2, -0.15) is 0 Å². The molecule has 1 aliphatic rings. The Labute approximate surface area is 97.5 Å². The van der Waals surface area contributed by atoms with Crippen LogP contribution >= 0.6 is 0 Å². The smallest absolute Gasteiger partial charge is 0.100 e. The Bertz CT molecular complexity index is 347. The van der Waals surface area contributed by atoms with Gasteiger partial charge in [0.25, 0.3) is 0 Å². The van der Waals surface area contributed by atoms with Crippen LogP contribution in [-0.2, 0) is 7.05 Å². The first kappa shape index (κ1) is 11.6. The lowest BCUT2D eigenvalue weighted by Crippen LogP contribution is -2.25. The van der Waals surface area contributed by atoms with Crippen molar-refractivity contribution in [1.82, 2.24) is 9.55 Å². The van der Waals surface area contributed by atoms with E-state index in [1.165, 1.54) is 6.42 Å². The molecule has 1 aromatic rings. The lowest BCUT2D eigenvalue weighted by molar-refractivity contribution is 0.0534. The van der Waals surface area contributed by atoms with Gasteiger partial charge in [-0.25, -0.2) is 4.98 Å². The Balaban J connectivity index is 2.02. The number of imidazole rings is 1. The number of hydrogen-bond donors (Lipinski definition) is 1. The molecule has 1 saturated carbocycles. The Morgan fingerprint density at radius 2 is 2.12 bits per heavy atom. The molecule has 90 valence electrons. The van der Waals surface area contributed by atoms with Crippen LogP contribution in [0.25, 0.3) is 0 Å². The summed E-state index contributed by atoms with van der Waals surface area (Å²) in [6, 6.07) is 0. The molecule has 0 amide bonds. The van der Waals surface area contributed by atoms with Gasteiger partial charge in [0.1, 0.15) is 6.10 Å². The van der Waals surface area contributed by atoms with Crippen molar-refractivity contribution in [1.29, 1.82) is 0 Å². The first-order chi connectivity index (χ1) is 7.58. The maximum absolute atomic E-state index is 10.3. The van der Waals surface area contributed by atoms with E-state index >= 15 is 0 Å². The molecule has 1 N–H and O–H groups in total. The van der Waals surface area contributed by atoms with Crippen molar-refractivity contribution in [3.05, 3.63) is 18.2 Å². The van der Waals surface area contributed by atoms with Crippen LogP contribution in [-0.4, -0.2) is 14.7 Å². The predicted octanol–water partition coefficient (Wildman–Crippen LogP) is 2.53. The normalized spacial score (nSPS) is 32.6. The molecule has 1 aromatic heterocycles. The molecule has 4 atom stereocenters. The minimum Gasteiger partial charge on any atom is -0.386 e. The molecule has 3 nitrogen and oxygen atoms in total. The van der Waals surface area contributed by atoms with Gasteiger partial charge in [0.15, 0.2) is 0 Å². The minimum absolute atomic E-state index is 0.379. The van der Waals surface area contributed by atoms with Crippen LogP contribution in [0.3, 0.4) is 0 Å². The van der Waals surface area contributed by atoms with Crippen molar-refractivity contribution in [2.45, 2.75) is 39.2 Å². The summed E-state index contributed by atoms with van der Waals surface area (Å²) < 4.78 is 1.90.